The van der Waals surface area contributed by atoms with E-state index in [2.05, 4.69) is 37.0 Å². The van der Waals surface area contributed by atoms with Gasteiger partial charge in [0.15, 0.2) is 0 Å². The molecule has 0 bridgehead atoms. The van der Waals surface area contributed by atoms with E-state index in [0.29, 0.717) is 0 Å². The van der Waals surface area contributed by atoms with E-state index < -0.39 is 0 Å². The third-order valence-electron chi connectivity index (χ3n) is 2.46. The van der Waals surface area contributed by atoms with Crippen LogP contribution in [0.2, 0.25) is 0 Å². The number of benzene rings is 1. The van der Waals surface area contributed by atoms with Crippen molar-refractivity contribution >= 4 is 10.9 Å². The number of hydrogen-bond donors (Lipinski definition) is 1. The molecule has 2 heteroatoms. The summed E-state index contributed by atoms with van der Waals surface area (Å²) in [7, 11) is 0. The molecule has 2 nitrogen and oxygen atoms in total. The molecule has 0 fully saturated rings. The number of aromatic nitrogens is 2. The Bertz CT molecular complexity index is 427. The molecule has 0 unspecified atom stereocenters. The predicted molar refractivity (Wildman–Crippen MR) is 73.0 cm³/mol. The van der Waals surface area contributed by atoms with E-state index in [4.69, 9.17) is 0 Å². The van der Waals surface area contributed by atoms with Crippen LogP contribution in [0, 0.1) is 20.8 Å². The van der Waals surface area contributed by atoms with Gasteiger partial charge in [-0.15, -0.1) is 0 Å². The molecule has 0 aliphatic heterocycles. The molecule has 0 aliphatic carbocycles. The van der Waals surface area contributed by atoms with Crippen molar-refractivity contribution in [2.24, 2.45) is 0 Å². The van der Waals surface area contributed by atoms with Crippen LogP contribution in [-0.4, -0.2) is 10.2 Å². The smallest absolute Gasteiger partial charge is 0.0682 e. The van der Waals surface area contributed by atoms with Crippen LogP contribution >= 0.6 is 0 Å². The van der Waals surface area contributed by atoms with E-state index in [1.54, 1.807) is 0 Å². The number of hydrogen-bond acceptors (Lipinski definition) is 1. The number of aryl methyl sites for hydroxylation is 3. The van der Waals surface area contributed by atoms with Crippen LogP contribution in [0.15, 0.2) is 12.3 Å². The maximum atomic E-state index is 4.04. The van der Waals surface area contributed by atoms with Crippen LogP contribution < -0.4 is 0 Å². The predicted octanol–water partition coefficient (Wildman–Crippen LogP) is 4.54. The van der Waals surface area contributed by atoms with E-state index in [9.17, 15) is 0 Å². The number of nitrogens with one attached hydrogen (secondary N) is 1. The zero-order valence-electron chi connectivity index (χ0n) is 11.6. The molecule has 0 amide bonds. The Balaban J connectivity index is 0.000000509. The minimum Gasteiger partial charge on any atom is -0.278 e. The van der Waals surface area contributed by atoms with Gasteiger partial charge in [0.05, 0.1) is 11.7 Å². The molecule has 2 rings (SSSR count). The monoisotopic (exact) mass is 220 g/mol. The van der Waals surface area contributed by atoms with Gasteiger partial charge >= 0.3 is 0 Å². The van der Waals surface area contributed by atoms with Crippen LogP contribution in [-0.2, 0) is 0 Å². The summed E-state index contributed by atoms with van der Waals surface area (Å²) in [5.74, 6) is 0. The lowest BCUT2D eigenvalue weighted by atomic mass is 10.0. The Morgan fingerprint density at radius 1 is 0.938 bits per heavy atom. The van der Waals surface area contributed by atoms with Gasteiger partial charge in [0.2, 0.25) is 0 Å². The maximum Gasteiger partial charge on any atom is 0.0682 e. The molecule has 0 saturated heterocycles. The second-order valence-electron chi connectivity index (χ2n) is 3.29. The lowest BCUT2D eigenvalue weighted by Gasteiger charge is -2.03. The van der Waals surface area contributed by atoms with E-state index >= 15 is 0 Å². The van der Waals surface area contributed by atoms with Crippen molar-refractivity contribution in [3.05, 3.63) is 29.0 Å². The number of rotatable bonds is 0. The fourth-order valence-corrected chi connectivity index (χ4v) is 1.59. The summed E-state index contributed by atoms with van der Waals surface area (Å²) in [6.07, 6.45) is 1.89. The van der Waals surface area contributed by atoms with Gasteiger partial charge in [-0.05, 0) is 37.5 Å². The molecule has 0 spiro atoms. The third-order valence-corrected chi connectivity index (χ3v) is 2.46. The number of nitrogens with zero attached hydrogens (tertiary/aromatic N) is 1. The molecular formula is C14H24N2. The SMILES string of the molecule is CC.CC.Cc1cc(C)c2[nH]ncc2c1C. The molecule has 16 heavy (non-hydrogen) atoms. The third kappa shape index (κ3) is 2.84. The van der Waals surface area contributed by atoms with Crippen molar-refractivity contribution < 1.29 is 0 Å². The average Bonchev–Trinajstić information content (AvgIpc) is 2.81. The molecule has 1 aromatic carbocycles. The van der Waals surface area contributed by atoms with Crippen molar-refractivity contribution in [3.8, 4) is 0 Å². The Morgan fingerprint density at radius 2 is 1.50 bits per heavy atom. The molecular weight excluding hydrogens is 196 g/mol. The highest BCUT2D eigenvalue weighted by atomic mass is 15.1. The highest BCUT2D eigenvalue weighted by molar-refractivity contribution is 5.85. The van der Waals surface area contributed by atoms with Gasteiger partial charge in [0.25, 0.3) is 0 Å². The largest absolute Gasteiger partial charge is 0.278 e. The van der Waals surface area contributed by atoms with E-state index in [0.717, 1.165) is 5.52 Å². The summed E-state index contributed by atoms with van der Waals surface area (Å²) >= 11 is 0. The fraction of sp³-hybridized carbons (Fsp3) is 0.500. The van der Waals surface area contributed by atoms with Gasteiger partial charge in [0.1, 0.15) is 0 Å². The standard InChI is InChI=1S/C10H12N2.2C2H6/c1-6-4-7(2)10-9(8(6)3)5-11-12-10;2*1-2/h4-5H,1-3H3,(H,11,12);2*1-2H3. The Labute approximate surface area is 99.1 Å². The van der Waals surface area contributed by atoms with Gasteiger partial charge in [-0.2, -0.15) is 5.10 Å². The first-order valence-electron chi connectivity index (χ1n) is 6.10. The first-order valence-corrected chi connectivity index (χ1v) is 6.10. The summed E-state index contributed by atoms with van der Waals surface area (Å²) in [6, 6.07) is 2.19. The molecule has 1 heterocycles. The molecule has 0 atom stereocenters. The molecule has 1 N–H and O–H groups in total. The molecule has 2 aromatic rings. The minimum absolute atomic E-state index is 1.16. The second kappa shape index (κ2) is 7.04. The van der Waals surface area contributed by atoms with Gasteiger partial charge in [-0.3, -0.25) is 5.10 Å². The zero-order valence-corrected chi connectivity index (χ0v) is 11.6. The van der Waals surface area contributed by atoms with Crippen LogP contribution in [0.1, 0.15) is 44.4 Å². The van der Waals surface area contributed by atoms with Crippen LogP contribution in [0.4, 0.5) is 0 Å². The van der Waals surface area contributed by atoms with Crippen molar-refractivity contribution in [2.75, 3.05) is 0 Å². The normalized spacial score (nSPS) is 8.94. The maximum absolute atomic E-state index is 4.04. The Morgan fingerprint density at radius 3 is 2.06 bits per heavy atom. The summed E-state index contributed by atoms with van der Waals surface area (Å²) < 4.78 is 0. The van der Waals surface area contributed by atoms with Gasteiger partial charge in [-0.1, -0.05) is 33.8 Å². The van der Waals surface area contributed by atoms with Crippen molar-refractivity contribution in [1.29, 1.82) is 0 Å². The van der Waals surface area contributed by atoms with Gasteiger partial charge < -0.3 is 0 Å². The molecule has 90 valence electrons. The molecule has 1 aromatic heterocycles. The van der Waals surface area contributed by atoms with Crippen LogP contribution in [0.25, 0.3) is 10.9 Å². The summed E-state index contributed by atoms with van der Waals surface area (Å²) in [5, 5.41) is 8.29. The van der Waals surface area contributed by atoms with Crippen molar-refractivity contribution in [1.82, 2.24) is 10.2 Å². The number of fused-ring (bicyclic) bond motifs is 1. The van der Waals surface area contributed by atoms with E-state index in [1.165, 1.54) is 22.1 Å². The fourth-order valence-electron chi connectivity index (χ4n) is 1.59. The lowest BCUT2D eigenvalue weighted by Crippen LogP contribution is -1.85. The first-order chi connectivity index (χ1) is 7.70. The quantitative estimate of drug-likeness (QED) is 0.693. The van der Waals surface area contributed by atoms with Gasteiger partial charge in [-0.25, -0.2) is 0 Å². The van der Waals surface area contributed by atoms with Gasteiger partial charge in [0, 0.05) is 5.39 Å². The molecule has 0 aliphatic rings. The highest BCUT2D eigenvalue weighted by Gasteiger charge is 2.04. The second-order valence-corrected chi connectivity index (χ2v) is 3.29. The molecule has 0 radical (unpaired) electrons. The van der Waals surface area contributed by atoms with E-state index in [-0.39, 0.29) is 0 Å². The summed E-state index contributed by atoms with van der Waals surface area (Å²) in [5.41, 5.74) is 5.09. The van der Waals surface area contributed by atoms with E-state index in [1.807, 2.05) is 33.9 Å². The van der Waals surface area contributed by atoms with Crippen molar-refractivity contribution in [3.63, 3.8) is 0 Å². The summed E-state index contributed by atoms with van der Waals surface area (Å²) in [4.78, 5) is 0. The average molecular weight is 220 g/mol. The van der Waals surface area contributed by atoms with Crippen LogP contribution in [0.5, 0.6) is 0 Å². The number of aromatic amines is 1. The highest BCUT2D eigenvalue weighted by Crippen LogP contribution is 2.22. The first kappa shape index (κ1) is 14.7. The lowest BCUT2D eigenvalue weighted by molar-refractivity contribution is 1.11. The molecule has 0 saturated carbocycles. The Hall–Kier alpha value is -1.31. The topological polar surface area (TPSA) is 28.7 Å². The minimum atomic E-state index is 1.16. The van der Waals surface area contributed by atoms with Crippen molar-refractivity contribution in [2.45, 2.75) is 48.5 Å². The summed E-state index contributed by atoms with van der Waals surface area (Å²) in [6.45, 7) is 14.4. The number of H-pyrrole nitrogens is 1. The van der Waals surface area contributed by atoms with Crippen LogP contribution in [0.3, 0.4) is 0 Å². The zero-order chi connectivity index (χ0) is 12.7. The Kier molecular flexibility index (Phi) is 6.47.